The van der Waals surface area contributed by atoms with Gasteiger partial charge in [-0.15, -0.1) is 0 Å². The number of carbonyl (C=O) groups excluding carboxylic acids is 2. The molecule has 0 N–H and O–H groups in total. The van der Waals surface area contributed by atoms with Gasteiger partial charge in [0.05, 0.1) is 25.6 Å². The molecule has 1 atom stereocenters. The van der Waals surface area contributed by atoms with Gasteiger partial charge < -0.3 is 18.9 Å². The molecule has 1 aromatic carbocycles. The minimum absolute atomic E-state index is 0.0193. The highest BCUT2D eigenvalue weighted by molar-refractivity contribution is 7.86. The number of hydrogen-bond donors (Lipinski definition) is 0. The minimum Gasteiger partial charge on any atom is -0.460 e. The number of esters is 1. The summed E-state index contributed by atoms with van der Waals surface area (Å²) in [7, 11) is -3.92. The smallest absolute Gasteiger partial charge is 0.460 e. The van der Waals surface area contributed by atoms with E-state index in [1.54, 1.807) is 20.8 Å². The largest absolute Gasteiger partial charge is 0.508 e. The second kappa shape index (κ2) is 15.1. The van der Waals surface area contributed by atoms with Crippen LogP contribution in [0.1, 0.15) is 32.8 Å². The van der Waals surface area contributed by atoms with Gasteiger partial charge >= 0.3 is 12.1 Å². The molecule has 0 spiro atoms. The molecule has 1 aromatic rings. The number of azide groups is 1. The van der Waals surface area contributed by atoms with E-state index in [0.29, 0.717) is 0 Å². The van der Waals surface area contributed by atoms with Crippen LogP contribution in [0.2, 0.25) is 0 Å². The Hall–Kier alpha value is -2.86. The van der Waals surface area contributed by atoms with Crippen LogP contribution in [0.25, 0.3) is 10.4 Å². The summed E-state index contributed by atoms with van der Waals surface area (Å²) in [5.74, 6) is -1.11. The minimum atomic E-state index is -3.92. The third-order valence-corrected chi connectivity index (χ3v) is 5.58. The summed E-state index contributed by atoms with van der Waals surface area (Å²) < 4.78 is 49.8. The maximum absolute atomic E-state index is 12.8. The predicted molar refractivity (Wildman–Crippen MR) is 121 cm³/mol. The molecule has 0 saturated carbocycles. The molecule has 0 saturated heterocycles. The van der Waals surface area contributed by atoms with Crippen LogP contribution in [-0.2, 0) is 44.7 Å². The average Bonchev–Trinajstić information content (AvgIpc) is 2.79. The molecule has 190 valence electrons. The maximum atomic E-state index is 12.8. The van der Waals surface area contributed by atoms with E-state index in [-0.39, 0.29) is 51.8 Å². The lowest BCUT2D eigenvalue weighted by Gasteiger charge is -2.32. The second-order valence-corrected chi connectivity index (χ2v) is 9.46. The zero-order valence-electron chi connectivity index (χ0n) is 19.5. The van der Waals surface area contributed by atoms with Gasteiger partial charge in [0, 0.05) is 16.9 Å². The van der Waals surface area contributed by atoms with Crippen molar-refractivity contribution in [3.8, 4) is 0 Å². The molecule has 0 bridgehead atoms. The molecule has 0 amide bonds. The number of benzene rings is 1. The first-order valence-electron chi connectivity index (χ1n) is 10.6. The van der Waals surface area contributed by atoms with E-state index >= 15 is 0 Å². The quantitative estimate of drug-likeness (QED) is 0.0825. The Bertz CT molecular complexity index is 917. The Kier molecular flexibility index (Phi) is 13.0. The topological polar surface area (TPSA) is 163 Å². The monoisotopic (exact) mass is 501 g/mol. The Labute approximate surface area is 199 Å². The lowest BCUT2D eigenvalue weighted by atomic mass is 9.87. The highest BCUT2D eigenvalue weighted by Crippen LogP contribution is 2.27. The Balaban J connectivity index is 2.78. The van der Waals surface area contributed by atoms with Crippen molar-refractivity contribution in [1.82, 2.24) is 0 Å². The standard InChI is InChI=1S/C21H31N3O9S/c1-4-29-20(26)31-13-12-30-19(25)18(32-15-17-9-6-5-7-10-17)21(2,3)16-33-34(27,28)14-8-11-23-24-22/h5-7,9-10,18H,4,8,11-16H2,1-3H3/t18-/m0/s1. The summed E-state index contributed by atoms with van der Waals surface area (Å²) in [6, 6.07) is 9.09. The van der Waals surface area contributed by atoms with Crippen LogP contribution in [0, 0.1) is 5.41 Å². The van der Waals surface area contributed by atoms with Gasteiger partial charge in [-0.3, -0.25) is 4.18 Å². The van der Waals surface area contributed by atoms with Crippen LogP contribution < -0.4 is 0 Å². The van der Waals surface area contributed by atoms with Crippen molar-refractivity contribution in [1.29, 1.82) is 0 Å². The van der Waals surface area contributed by atoms with E-state index in [1.165, 1.54) is 0 Å². The van der Waals surface area contributed by atoms with E-state index in [1.807, 2.05) is 30.3 Å². The molecule has 0 radical (unpaired) electrons. The maximum Gasteiger partial charge on any atom is 0.508 e. The molecule has 13 heteroatoms. The van der Waals surface area contributed by atoms with Crippen LogP contribution in [0.4, 0.5) is 4.79 Å². The van der Waals surface area contributed by atoms with E-state index in [4.69, 9.17) is 23.9 Å². The fourth-order valence-corrected chi connectivity index (χ4v) is 3.69. The lowest BCUT2D eigenvalue weighted by molar-refractivity contribution is -0.170. The van der Waals surface area contributed by atoms with Gasteiger partial charge in [-0.25, -0.2) is 9.59 Å². The zero-order chi connectivity index (χ0) is 25.5. The Morgan fingerprint density at radius 2 is 1.79 bits per heavy atom. The molecule has 12 nitrogen and oxygen atoms in total. The number of rotatable bonds is 16. The van der Waals surface area contributed by atoms with Crippen molar-refractivity contribution in [2.45, 2.75) is 39.9 Å². The van der Waals surface area contributed by atoms with Crippen LogP contribution in [0.5, 0.6) is 0 Å². The van der Waals surface area contributed by atoms with Gasteiger partial charge in [0.1, 0.15) is 13.2 Å². The van der Waals surface area contributed by atoms with E-state index in [9.17, 15) is 18.0 Å². The van der Waals surface area contributed by atoms with Crippen molar-refractivity contribution in [3.63, 3.8) is 0 Å². The molecule has 0 aliphatic heterocycles. The fourth-order valence-electron chi connectivity index (χ4n) is 2.60. The molecule has 1 rings (SSSR count). The summed E-state index contributed by atoms with van der Waals surface area (Å²) in [4.78, 5) is 26.6. The zero-order valence-corrected chi connectivity index (χ0v) is 20.4. The molecular weight excluding hydrogens is 470 g/mol. The highest BCUT2D eigenvalue weighted by atomic mass is 32.2. The van der Waals surface area contributed by atoms with Crippen molar-refractivity contribution in [3.05, 3.63) is 46.3 Å². The fraction of sp³-hybridized carbons (Fsp3) is 0.619. The molecular formula is C21H31N3O9S. The number of carbonyl (C=O) groups is 2. The van der Waals surface area contributed by atoms with Crippen LogP contribution in [-0.4, -0.2) is 65.4 Å². The highest BCUT2D eigenvalue weighted by Gasteiger charge is 2.39. The van der Waals surface area contributed by atoms with Crippen LogP contribution in [0.3, 0.4) is 0 Å². The van der Waals surface area contributed by atoms with Gasteiger partial charge in [-0.1, -0.05) is 49.3 Å². The van der Waals surface area contributed by atoms with Crippen LogP contribution >= 0.6 is 0 Å². The average molecular weight is 502 g/mol. The molecule has 0 heterocycles. The van der Waals surface area contributed by atoms with E-state index in [2.05, 4.69) is 14.8 Å². The van der Waals surface area contributed by atoms with Crippen molar-refractivity contribution in [2.75, 3.05) is 38.7 Å². The molecule has 34 heavy (non-hydrogen) atoms. The summed E-state index contributed by atoms with van der Waals surface area (Å²) in [6.45, 7) is 4.27. The van der Waals surface area contributed by atoms with Gasteiger partial charge in [0.15, 0.2) is 6.10 Å². The second-order valence-electron chi connectivity index (χ2n) is 7.70. The number of hydrogen-bond acceptors (Lipinski definition) is 10. The number of ether oxygens (including phenoxy) is 4. The summed E-state index contributed by atoms with van der Waals surface area (Å²) in [6.07, 6.45) is -1.97. The third-order valence-electron chi connectivity index (χ3n) is 4.32. The predicted octanol–water partition coefficient (Wildman–Crippen LogP) is 3.36. The molecule has 0 aliphatic carbocycles. The first kappa shape index (κ1) is 29.2. The first-order valence-corrected chi connectivity index (χ1v) is 12.2. The molecule has 0 fully saturated rings. The normalized spacial score (nSPS) is 12.3. The SMILES string of the molecule is CCOC(=O)OCCOC(=O)[C@H](OCc1ccccc1)C(C)(C)COS(=O)(=O)CCCN=[N+]=[N-]. The van der Waals surface area contributed by atoms with Crippen molar-refractivity contribution in [2.24, 2.45) is 10.5 Å². The summed E-state index contributed by atoms with van der Waals surface area (Å²) in [5, 5.41) is 3.29. The van der Waals surface area contributed by atoms with Crippen LogP contribution in [0.15, 0.2) is 35.4 Å². The van der Waals surface area contributed by atoms with E-state index < -0.39 is 33.8 Å². The van der Waals surface area contributed by atoms with Gasteiger partial charge in [0.2, 0.25) is 0 Å². The lowest BCUT2D eigenvalue weighted by Crippen LogP contribution is -2.44. The Morgan fingerprint density at radius 1 is 1.12 bits per heavy atom. The third kappa shape index (κ3) is 11.8. The van der Waals surface area contributed by atoms with Crippen molar-refractivity contribution < 1.29 is 41.1 Å². The van der Waals surface area contributed by atoms with Gasteiger partial charge in [-0.05, 0) is 24.4 Å². The van der Waals surface area contributed by atoms with E-state index in [0.717, 1.165) is 5.56 Å². The number of nitrogens with zero attached hydrogens (tertiary/aromatic N) is 3. The molecule has 0 aliphatic rings. The summed E-state index contributed by atoms with van der Waals surface area (Å²) >= 11 is 0. The van der Waals surface area contributed by atoms with Gasteiger partial charge in [-0.2, -0.15) is 8.42 Å². The summed E-state index contributed by atoms with van der Waals surface area (Å²) in [5.41, 5.74) is 7.96. The molecule has 0 aromatic heterocycles. The molecule has 0 unspecified atom stereocenters. The first-order chi connectivity index (χ1) is 16.1. The Morgan fingerprint density at radius 3 is 2.44 bits per heavy atom. The van der Waals surface area contributed by atoms with Gasteiger partial charge in [0.25, 0.3) is 10.1 Å². The van der Waals surface area contributed by atoms with Crippen molar-refractivity contribution >= 4 is 22.2 Å².